The Morgan fingerprint density at radius 2 is 0.447 bits per heavy atom. The van der Waals surface area contributed by atoms with Gasteiger partial charge in [-0.2, -0.15) is 0 Å². The predicted molar refractivity (Wildman–Crippen MR) is 423 cm³/mol. The zero-order chi connectivity index (χ0) is 75.5. The SMILES string of the molecule is CCCCCCCCCCCCCCCCCCCCCCCCC(=O)O[C@H](COC(=O)CCCCCCCCCCCCCCCCCCCC)COP(=O)(O)OC[C@@H](O)COP(=O)(O)OC[C@@H](COC(=O)CCCCCCCCCC)OC(=O)CCCCCCCCCCCCCCC(C)C. The third kappa shape index (κ3) is 78.0. The molecule has 0 aromatic rings. The molecule has 0 bridgehead atoms. The Kier molecular flexibility index (Phi) is 75.4. The van der Waals surface area contributed by atoms with E-state index < -0.39 is 97.5 Å². The standard InChI is InChI=1S/C84H164O17P2/c1-6-9-12-15-18-21-23-25-27-29-31-32-33-34-36-38-40-45-49-54-59-64-69-83(88)101-80(74-95-82(87)68-63-58-53-48-44-39-37-35-30-28-26-24-22-19-16-13-10-7-2)76-99-103(92,93)97-72-78(85)71-96-102(90,91)98-75-79(73-94-81(86)67-62-57-52-20-17-14-11-8-3)100-84(89)70-65-60-55-50-46-42-41-43-47-51-56-61-66-77(4)5/h77-80,85H,6-76H2,1-5H3,(H,90,91)(H,92,93)/t78-,79+,80+/m0/s1. The van der Waals surface area contributed by atoms with Crippen LogP contribution < -0.4 is 0 Å². The maximum atomic E-state index is 13.1. The lowest BCUT2D eigenvalue weighted by molar-refractivity contribution is -0.161. The number of rotatable bonds is 84. The van der Waals surface area contributed by atoms with Crippen LogP contribution in [0.15, 0.2) is 0 Å². The lowest BCUT2D eigenvalue weighted by Crippen LogP contribution is -2.30. The summed E-state index contributed by atoms with van der Waals surface area (Å²) in [7, 11) is -9.92. The normalized spacial score (nSPS) is 13.8. The van der Waals surface area contributed by atoms with Gasteiger partial charge >= 0.3 is 39.5 Å². The number of phosphoric ester groups is 2. The van der Waals surface area contributed by atoms with Crippen LogP contribution in [0.25, 0.3) is 0 Å². The molecule has 0 saturated heterocycles. The Morgan fingerprint density at radius 3 is 0.660 bits per heavy atom. The molecular weight excluding hydrogens is 1340 g/mol. The van der Waals surface area contributed by atoms with E-state index in [2.05, 4.69) is 34.6 Å². The highest BCUT2D eigenvalue weighted by Crippen LogP contribution is 2.45. The number of unbranched alkanes of at least 4 members (excludes halogenated alkanes) is 56. The highest BCUT2D eigenvalue weighted by Gasteiger charge is 2.30. The predicted octanol–water partition coefficient (Wildman–Crippen LogP) is 25.6. The van der Waals surface area contributed by atoms with E-state index in [1.807, 2.05) is 0 Å². The fourth-order valence-electron chi connectivity index (χ4n) is 13.1. The molecule has 0 aromatic carbocycles. The largest absolute Gasteiger partial charge is 0.472 e. The number of ether oxygens (including phenoxy) is 4. The molecule has 0 heterocycles. The lowest BCUT2D eigenvalue weighted by atomic mass is 10.0. The van der Waals surface area contributed by atoms with Gasteiger partial charge in [0.25, 0.3) is 0 Å². The minimum atomic E-state index is -4.96. The van der Waals surface area contributed by atoms with Crippen LogP contribution in [0.3, 0.4) is 0 Å². The molecule has 103 heavy (non-hydrogen) atoms. The minimum absolute atomic E-state index is 0.107. The number of phosphoric acid groups is 2. The van der Waals surface area contributed by atoms with E-state index in [4.69, 9.17) is 37.0 Å². The van der Waals surface area contributed by atoms with Gasteiger partial charge in [0.1, 0.15) is 19.3 Å². The van der Waals surface area contributed by atoms with Gasteiger partial charge in [0.05, 0.1) is 26.4 Å². The van der Waals surface area contributed by atoms with Crippen LogP contribution in [0.5, 0.6) is 0 Å². The number of hydrogen-bond acceptors (Lipinski definition) is 15. The number of esters is 4. The Labute approximate surface area is 632 Å². The summed E-state index contributed by atoms with van der Waals surface area (Å²) in [5.41, 5.74) is 0. The smallest absolute Gasteiger partial charge is 0.462 e. The molecule has 19 heteroatoms. The summed E-state index contributed by atoms with van der Waals surface area (Å²) in [5, 5.41) is 10.6. The maximum Gasteiger partial charge on any atom is 0.472 e. The Morgan fingerprint density at radius 1 is 0.262 bits per heavy atom. The fourth-order valence-corrected chi connectivity index (χ4v) is 14.7. The Hall–Kier alpha value is -1.94. The van der Waals surface area contributed by atoms with Crippen molar-refractivity contribution < 1.29 is 80.2 Å². The average molecular weight is 1510 g/mol. The third-order valence-corrected chi connectivity index (χ3v) is 21.7. The van der Waals surface area contributed by atoms with Crippen molar-refractivity contribution in [2.75, 3.05) is 39.6 Å². The van der Waals surface area contributed by atoms with E-state index in [0.717, 1.165) is 102 Å². The van der Waals surface area contributed by atoms with Crippen LogP contribution in [-0.4, -0.2) is 96.7 Å². The van der Waals surface area contributed by atoms with Crippen molar-refractivity contribution in [2.45, 2.75) is 470 Å². The summed E-state index contributed by atoms with van der Waals surface area (Å²) >= 11 is 0. The lowest BCUT2D eigenvalue weighted by Gasteiger charge is -2.21. The van der Waals surface area contributed by atoms with E-state index in [0.29, 0.717) is 25.7 Å². The Balaban J connectivity index is 5.18. The van der Waals surface area contributed by atoms with Gasteiger partial charge in [0, 0.05) is 25.7 Å². The summed E-state index contributed by atoms with van der Waals surface area (Å²) in [4.78, 5) is 73.0. The van der Waals surface area contributed by atoms with Crippen molar-refractivity contribution in [1.82, 2.24) is 0 Å². The highest BCUT2D eigenvalue weighted by atomic mass is 31.2. The van der Waals surface area contributed by atoms with Gasteiger partial charge in [-0.1, -0.05) is 401 Å². The highest BCUT2D eigenvalue weighted by molar-refractivity contribution is 7.47. The van der Waals surface area contributed by atoms with Crippen molar-refractivity contribution in [2.24, 2.45) is 5.92 Å². The molecule has 0 aliphatic carbocycles. The van der Waals surface area contributed by atoms with Crippen molar-refractivity contribution in [1.29, 1.82) is 0 Å². The first-order valence-electron chi connectivity index (χ1n) is 43.6. The third-order valence-electron chi connectivity index (χ3n) is 19.8. The van der Waals surface area contributed by atoms with Crippen LogP contribution in [0.1, 0.15) is 452 Å². The quantitative estimate of drug-likeness (QED) is 0.0222. The molecule has 2 unspecified atom stereocenters. The molecule has 0 saturated carbocycles. The molecule has 0 fully saturated rings. The molecule has 17 nitrogen and oxygen atoms in total. The van der Waals surface area contributed by atoms with E-state index in [-0.39, 0.29) is 25.7 Å². The minimum Gasteiger partial charge on any atom is -0.462 e. The van der Waals surface area contributed by atoms with Crippen LogP contribution in [0.2, 0.25) is 0 Å². The van der Waals surface area contributed by atoms with Gasteiger partial charge < -0.3 is 33.8 Å². The van der Waals surface area contributed by atoms with Gasteiger partial charge in [-0.25, -0.2) is 9.13 Å². The molecule has 612 valence electrons. The molecule has 0 rings (SSSR count). The van der Waals surface area contributed by atoms with Crippen molar-refractivity contribution in [3.8, 4) is 0 Å². The summed E-state index contributed by atoms with van der Waals surface area (Å²) in [5.74, 6) is -1.33. The summed E-state index contributed by atoms with van der Waals surface area (Å²) in [6, 6.07) is 0. The summed E-state index contributed by atoms with van der Waals surface area (Å²) < 4.78 is 68.7. The number of aliphatic hydroxyl groups excluding tert-OH is 1. The van der Waals surface area contributed by atoms with E-state index in [1.54, 1.807) is 0 Å². The second-order valence-corrected chi connectivity index (χ2v) is 33.6. The van der Waals surface area contributed by atoms with Gasteiger partial charge in [-0.3, -0.25) is 37.3 Å². The average Bonchev–Trinajstić information content (AvgIpc) is 0.918. The molecule has 0 aromatic heterocycles. The molecule has 3 N–H and O–H groups in total. The molecule has 0 aliphatic rings. The molecule has 0 amide bonds. The van der Waals surface area contributed by atoms with Crippen LogP contribution in [-0.2, 0) is 65.4 Å². The van der Waals surface area contributed by atoms with E-state index >= 15 is 0 Å². The molecular formula is C84H164O17P2. The van der Waals surface area contributed by atoms with E-state index in [9.17, 15) is 43.2 Å². The summed E-state index contributed by atoms with van der Waals surface area (Å²) in [6.07, 6.45) is 69.6. The number of carbonyl (C=O) groups excluding carboxylic acids is 4. The van der Waals surface area contributed by atoms with Crippen molar-refractivity contribution in [3.05, 3.63) is 0 Å². The molecule has 5 atom stereocenters. The summed E-state index contributed by atoms with van der Waals surface area (Å²) in [6.45, 7) is 7.33. The zero-order valence-corrected chi connectivity index (χ0v) is 69.3. The number of carbonyl (C=O) groups is 4. The fraction of sp³-hybridized carbons (Fsp3) is 0.952. The van der Waals surface area contributed by atoms with Gasteiger partial charge in [-0.05, 0) is 31.6 Å². The molecule has 0 aliphatic heterocycles. The van der Waals surface area contributed by atoms with Crippen LogP contribution in [0, 0.1) is 5.92 Å². The van der Waals surface area contributed by atoms with Gasteiger partial charge in [0.2, 0.25) is 0 Å². The topological polar surface area (TPSA) is 237 Å². The maximum absolute atomic E-state index is 13.1. The van der Waals surface area contributed by atoms with Crippen LogP contribution >= 0.6 is 15.6 Å². The van der Waals surface area contributed by atoms with Gasteiger partial charge in [0.15, 0.2) is 12.2 Å². The van der Waals surface area contributed by atoms with Crippen LogP contribution in [0.4, 0.5) is 0 Å². The first-order valence-corrected chi connectivity index (χ1v) is 46.6. The first-order chi connectivity index (χ1) is 50.0. The van der Waals surface area contributed by atoms with E-state index in [1.165, 1.54) is 270 Å². The van der Waals surface area contributed by atoms with Crippen molar-refractivity contribution in [3.63, 3.8) is 0 Å². The van der Waals surface area contributed by atoms with Gasteiger partial charge in [-0.15, -0.1) is 0 Å². The van der Waals surface area contributed by atoms with Crippen molar-refractivity contribution >= 4 is 39.5 Å². The second-order valence-electron chi connectivity index (χ2n) is 30.7. The number of hydrogen-bond donors (Lipinski definition) is 3. The molecule has 0 radical (unpaired) electrons. The second kappa shape index (κ2) is 76.8. The first kappa shape index (κ1) is 101. The zero-order valence-electron chi connectivity index (χ0n) is 67.5. The Bertz CT molecular complexity index is 1960. The number of aliphatic hydroxyl groups is 1. The monoisotopic (exact) mass is 1510 g/mol. The molecule has 0 spiro atoms.